The van der Waals surface area contributed by atoms with Crippen molar-refractivity contribution in [2.75, 3.05) is 7.11 Å². The predicted molar refractivity (Wildman–Crippen MR) is 77.5 cm³/mol. The molecule has 1 N–H and O–H groups in total. The first-order chi connectivity index (χ1) is 9.41. The van der Waals surface area contributed by atoms with E-state index in [1.807, 2.05) is 38.1 Å². The van der Waals surface area contributed by atoms with Crippen molar-refractivity contribution in [1.29, 1.82) is 0 Å². The average Bonchev–Trinajstić information content (AvgIpc) is 2.41. The standard InChI is InChI=1S/C15H20ClNO3/c1-15(2)9-12(10-4-6-11(16)7-5-10)13(17-20-15)8-14(18)19-3/h4-7,12-13,17H,8-9H2,1-3H3/t12-,13-/m0/s1. The Balaban J connectivity index is 2.21. The summed E-state index contributed by atoms with van der Waals surface area (Å²) >= 11 is 5.94. The van der Waals surface area contributed by atoms with E-state index in [2.05, 4.69) is 5.48 Å². The van der Waals surface area contributed by atoms with Gasteiger partial charge in [0.05, 0.1) is 19.1 Å². The van der Waals surface area contributed by atoms with E-state index in [9.17, 15) is 4.79 Å². The number of carbonyl (C=O) groups is 1. The minimum Gasteiger partial charge on any atom is -0.469 e. The molecule has 1 aliphatic rings. The Hall–Kier alpha value is -1.10. The van der Waals surface area contributed by atoms with Crippen molar-refractivity contribution in [2.24, 2.45) is 0 Å². The fraction of sp³-hybridized carbons (Fsp3) is 0.533. The monoisotopic (exact) mass is 297 g/mol. The van der Waals surface area contributed by atoms with Crippen molar-refractivity contribution >= 4 is 17.6 Å². The molecule has 0 unspecified atom stereocenters. The molecule has 4 nitrogen and oxygen atoms in total. The molecule has 0 aromatic heterocycles. The fourth-order valence-corrected chi connectivity index (χ4v) is 2.66. The van der Waals surface area contributed by atoms with Crippen LogP contribution in [0, 0.1) is 0 Å². The lowest BCUT2D eigenvalue weighted by Gasteiger charge is -2.41. The Labute approximate surface area is 124 Å². The summed E-state index contributed by atoms with van der Waals surface area (Å²) < 4.78 is 4.75. The van der Waals surface area contributed by atoms with Crippen LogP contribution >= 0.6 is 11.6 Å². The molecule has 1 heterocycles. The van der Waals surface area contributed by atoms with Gasteiger partial charge < -0.3 is 4.74 Å². The van der Waals surface area contributed by atoms with Crippen molar-refractivity contribution in [3.8, 4) is 0 Å². The van der Waals surface area contributed by atoms with Gasteiger partial charge in [-0.2, -0.15) is 5.48 Å². The van der Waals surface area contributed by atoms with E-state index in [0.717, 1.165) is 12.0 Å². The Bertz CT molecular complexity index is 473. The van der Waals surface area contributed by atoms with E-state index in [4.69, 9.17) is 21.2 Å². The number of hydroxylamine groups is 1. The first kappa shape index (κ1) is 15.3. The van der Waals surface area contributed by atoms with Crippen molar-refractivity contribution in [1.82, 2.24) is 5.48 Å². The summed E-state index contributed by atoms with van der Waals surface area (Å²) in [6.07, 6.45) is 1.10. The van der Waals surface area contributed by atoms with E-state index in [1.165, 1.54) is 7.11 Å². The maximum absolute atomic E-state index is 11.5. The van der Waals surface area contributed by atoms with Gasteiger partial charge in [-0.3, -0.25) is 9.63 Å². The molecule has 1 saturated heterocycles. The summed E-state index contributed by atoms with van der Waals surface area (Å²) in [4.78, 5) is 17.1. The molecular weight excluding hydrogens is 278 g/mol. The molecule has 5 heteroatoms. The van der Waals surface area contributed by atoms with Crippen LogP contribution in [-0.2, 0) is 14.4 Å². The third-order valence-corrected chi connectivity index (χ3v) is 3.85. The lowest BCUT2D eigenvalue weighted by molar-refractivity contribution is -0.157. The number of ether oxygens (including phenoxy) is 1. The molecule has 110 valence electrons. The van der Waals surface area contributed by atoms with Crippen molar-refractivity contribution in [3.05, 3.63) is 34.9 Å². The maximum atomic E-state index is 11.5. The Morgan fingerprint density at radius 3 is 2.70 bits per heavy atom. The SMILES string of the molecule is COC(=O)C[C@@H]1NOC(C)(C)C[C@H]1c1ccc(Cl)cc1. The van der Waals surface area contributed by atoms with Crippen LogP contribution in [0.5, 0.6) is 0 Å². The Morgan fingerprint density at radius 1 is 1.45 bits per heavy atom. The zero-order valence-electron chi connectivity index (χ0n) is 12.0. The third kappa shape index (κ3) is 3.72. The van der Waals surface area contributed by atoms with Crippen LogP contribution < -0.4 is 5.48 Å². The van der Waals surface area contributed by atoms with Gasteiger partial charge in [0.2, 0.25) is 0 Å². The molecule has 1 aromatic carbocycles. The third-order valence-electron chi connectivity index (χ3n) is 3.60. The van der Waals surface area contributed by atoms with Crippen LogP contribution in [0.25, 0.3) is 0 Å². The van der Waals surface area contributed by atoms with Crippen LogP contribution in [0.15, 0.2) is 24.3 Å². The van der Waals surface area contributed by atoms with Gasteiger partial charge in [0.25, 0.3) is 0 Å². The van der Waals surface area contributed by atoms with Gasteiger partial charge in [0, 0.05) is 17.0 Å². The highest BCUT2D eigenvalue weighted by molar-refractivity contribution is 6.30. The zero-order valence-corrected chi connectivity index (χ0v) is 12.7. The first-order valence-corrected chi connectivity index (χ1v) is 7.05. The first-order valence-electron chi connectivity index (χ1n) is 6.67. The summed E-state index contributed by atoms with van der Waals surface area (Å²) in [5.41, 5.74) is 3.87. The number of benzene rings is 1. The molecule has 0 saturated carbocycles. The van der Waals surface area contributed by atoms with Crippen molar-refractivity contribution in [3.63, 3.8) is 0 Å². The van der Waals surface area contributed by atoms with Gasteiger partial charge in [-0.15, -0.1) is 0 Å². The second-order valence-electron chi connectivity index (χ2n) is 5.73. The topological polar surface area (TPSA) is 47.6 Å². The van der Waals surface area contributed by atoms with Crippen molar-refractivity contribution < 1.29 is 14.4 Å². The number of esters is 1. The molecular formula is C15H20ClNO3. The predicted octanol–water partition coefficient (Wildman–Crippen LogP) is 3.06. The summed E-state index contributed by atoms with van der Waals surface area (Å²) in [7, 11) is 1.40. The molecule has 2 rings (SSSR count). The highest BCUT2D eigenvalue weighted by Gasteiger charge is 2.37. The lowest BCUT2D eigenvalue weighted by Crippen LogP contribution is -2.50. The van der Waals surface area contributed by atoms with Crippen LogP contribution in [0.3, 0.4) is 0 Å². The minimum absolute atomic E-state index is 0.100. The van der Waals surface area contributed by atoms with Crippen LogP contribution in [-0.4, -0.2) is 24.7 Å². The van der Waals surface area contributed by atoms with Gasteiger partial charge in [-0.25, -0.2) is 0 Å². The number of rotatable bonds is 3. The number of hydrogen-bond acceptors (Lipinski definition) is 4. The Kier molecular flexibility index (Phi) is 4.68. The molecule has 0 amide bonds. The van der Waals surface area contributed by atoms with Crippen LogP contribution in [0.1, 0.15) is 38.2 Å². The van der Waals surface area contributed by atoms with Gasteiger partial charge in [-0.1, -0.05) is 23.7 Å². The fourth-order valence-electron chi connectivity index (χ4n) is 2.54. The smallest absolute Gasteiger partial charge is 0.307 e. The second-order valence-corrected chi connectivity index (χ2v) is 6.16. The highest BCUT2D eigenvalue weighted by atomic mass is 35.5. The summed E-state index contributed by atoms with van der Waals surface area (Å²) in [5, 5.41) is 0.706. The number of hydrogen-bond donors (Lipinski definition) is 1. The molecule has 0 radical (unpaired) electrons. The largest absolute Gasteiger partial charge is 0.469 e. The highest BCUT2D eigenvalue weighted by Crippen LogP contribution is 2.36. The molecule has 1 aromatic rings. The van der Waals surface area contributed by atoms with Crippen LogP contribution in [0.2, 0.25) is 5.02 Å². The maximum Gasteiger partial charge on any atom is 0.307 e. The second kappa shape index (κ2) is 6.12. The summed E-state index contributed by atoms with van der Waals surface area (Å²) in [6.45, 7) is 4.05. The minimum atomic E-state index is -0.281. The van der Waals surface area contributed by atoms with E-state index in [1.54, 1.807) is 0 Å². The van der Waals surface area contributed by atoms with E-state index in [-0.39, 0.29) is 30.0 Å². The van der Waals surface area contributed by atoms with E-state index < -0.39 is 0 Å². The van der Waals surface area contributed by atoms with Gasteiger partial charge in [0.15, 0.2) is 0 Å². The summed E-state index contributed by atoms with van der Waals surface area (Å²) in [6, 6.07) is 7.64. The zero-order chi connectivity index (χ0) is 14.8. The molecule has 20 heavy (non-hydrogen) atoms. The van der Waals surface area contributed by atoms with Gasteiger partial charge in [0.1, 0.15) is 0 Å². The molecule has 1 aliphatic heterocycles. The number of methoxy groups -OCH3 is 1. The molecule has 1 fully saturated rings. The Morgan fingerprint density at radius 2 is 2.10 bits per heavy atom. The number of nitrogens with one attached hydrogen (secondary N) is 1. The molecule has 0 aliphatic carbocycles. The molecule has 0 spiro atoms. The van der Waals surface area contributed by atoms with Gasteiger partial charge >= 0.3 is 5.97 Å². The van der Waals surface area contributed by atoms with E-state index in [0.29, 0.717) is 5.02 Å². The molecule has 0 bridgehead atoms. The molecule has 2 atom stereocenters. The van der Waals surface area contributed by atoms with E-state index >= 15 is 0 Å². The summed E-state index contributed by atoms with van der Waals surface area (Å²) in [5.74, 6) is -0.0695. The van der Waals surface area contributed by atoms with Gasteiger partial charge in [-0.05, 0) is 38.0 Å². The number of carbonyl (C=O) groups excluding carboxylic acids is 1. The lowest BCUT2D eigenvalue weighted by atomic mass is 9.80. The number of halogens is 1. The van der Waals surface area contributed by atoms with Crippen molar-refractivity contribution in [2.45, 2.75) is 44.2 Å². The average molecular weight is 298 g/mol. The van der Waals surface area contributed by atoms with Crippen LogP contribution in [0.4, 0.5) is 0 Å². The normalized spacial score (nSPS) is 25.2. The quantitative estimate of drug-likeness (QED) is 0.871.